The number of rotatable bonds is 9. The van der Waals surface area contributed by atoms with Crippen LogP contribution in [-0.2, 0) is 12.8 Å². The third-order valence-corrected chi connectivity index (χ3v) is 4.68. The number of likely N-dealkylation sites (N-methyl/N-ethyl adjacent to an activating group) is 1. The lowest BCUT2D eigenvalue weighted by molar-refractivity contribution is 0.354. The maximum absolute atomic E-state index is 5.39. The molecule has 1 aromatic heterocycles. The Morgan fingerprint density at radius 2 is 1.90 bits per heavy atom. The zero-order valence-corrected chi connectivity index (χ0v) is 20.6. The van der Waals surface area contributed by atoms with E-state index in [1.54, 1.807) is 14.2 Å². The van der Waals surface area contributed by atoms with E-state index in [1.807, 2.05) is 26.0 Å². The molecule has 0 aliphatic carbocycles. The van der Waals surface area contributed by atoms with Gasteiger partial charge in [0.1, 0.15) is 5.76 Å². The Balaban J connectivity index is 0.00000420. The van der Waals surface area contributed by atoms with E-state index < -0.39 is 0 Å². The molecule has 0 saturated heterocycles. The van der Waals surface area contributed by atoms with Crippen molar-refractivity contribution in [2.45, 2.75) is 33.6 Å². The van der Waals surface area contributed by atoms with Crippen molar-refractivity contribution in [3.63, 3.8) is 0 Å². The fourth-order valence-corrected chi connectivity index (χ4v) is 3.04. The summed E-state index contributed by atoms with van der Waals surface area (Å²) in [5.41, 5.74) is 3.28. The summed E-state index contributed by atoms with van der Waals surface area (Å²) in [5, 5.41) is 7.37. The minimum Gasteiger partial charge on any atom is -0.493 e. The summed E-state index contributed by atoms with van der Waals surface area (Å²) in [7, 11) is 5.36. The average molecular weight is 516 g/mol. The van der Waals surface area contributed by atoms with Crippen LogP contribution in [0, 0.1) is 13.8 Å². The van der Waals surface area contributed by atoms with E-state index >= 15 is 0 Å². The third-order valence-electron chi connectivity index (χ3n) is 4.68. The first-order valence-corrected chi connectivity index (χ1v) is 9.62. The molecule has 2 rings (SSSR count). The maximum atomic E-state index is 5.39. The van der Waals surface area contributed by atoms with Gasteiger partial charge in [-0.05, 0) is 51.3 Å². The van der Waals surface area contributed by atoms with E-state index in [2.05, 4.69) is 35.4 Å². The Hall–Kier alpha value is -1.97. The molecule has 1 N–H and O–H groups in total. The fourth-order valence-electron chi connectivity index (χ4n) is 3.04. The first kappa shape index (κ1) is 25.1. The first-order chi connectivity index (χ1) is 13.5. The number of methoxy groups -OCH3 is 2. The van der Waals surface area contributed by atoms with Crippen molar-refractivity contribution in [1.82, 2.24) is 15.4 Å². The molecule has 0 aliphatic rings. The van der Waals surface area contributed by atoms with Crippen molar-refractivity contribution in [3.8, 4) is 11.5 Å². The molecule has 29 heavy (non-hydrogen) atoms. The smallest absolute Gasteiger partial charge is 0.193 e. The largest absolute Gasteiger partial charge is 0.493 e. The second kappa shape index (κ2) is 12.6. The number of ether oxygens (including phenoxy) is 2. The molecular weight excluding hydrogens is 483 g/mol. The Labute approximate surface area is 190 Å². The van der Waals surface area contributed by atoms with E-state index in [4.69, 9.17) is 19.0 Å². The summed E-state index contributed by atoms with van der Waals surface area (Å²) >= 11 is 0. The Morgan fingerprint density at radius 1 is 1.17 bits per heavy atom. The van der Waals surface area contributed by atoms with Gasteiger partial charge >= 0.3 is 0 Å². The number of hydrogen-bond acceptors (Lipinski definition) is 5. The molecule has 1 aromatic carbocycles. The molecule has 0 aliphatic heterocycles. The van der Waals surface area contributed by atoms with E-state index in [1.165, 1.54) is 5.56 Å². The molecule has 0 unspecified atom stereocenters. The highest BCUT2D eigenvalue weighted by Crippen LogP contribution is 2.27. The highest BCUT2D eigenvalue weighted by Gasteiger charge is 2.10. The van der Waals surface area contributed by atoms with Crippen LogP contribution in [0.5, 0.6) is 11.5 Å². The van der Waals surface area contributed by atoms with Crippen molar-refractivity contribution in [2.24, 2.45) is 4.99 Å². The monoisotopic (exact) mass is 516 g/mol. The molecule has 0 radical (unpaired) electrons. The number of aromatic nitrogens is 1. The second-order valence-corrected chi connectivity index (χ2v) is 6.65. The van der Waals surface area contributed by atoms with Gasteiger partial charge in [-0.15, -0.1) is 24.0 Å². The molecule has 0 atom stereocenters. The molecule has 162 valence electrons. The number of nitrogens with zero attached hydrogens (tertiary/aromatic N) is 3. The zero-order valence-electron chi connectivity index (χ0n) is 18.2. The van der Waals surface area contributed by atoms with Gasteiger partial charge in [-0.25, -0.2) is 0 Å². The lowest BCUT2D eigenvalue weighted by atomic mass is 10.1. The highest BCUT2D eigenvalue weighted by atomic mass is 127. The summed E-state index contributed by atoms with van der Waals surface area (Å²) < 4.78 is 15.9. The fraction of sp³-hybridized carbons (Fsp3) is 0.524. The number of hydrogen-bond donors (Lipinski definition) is 1. The van der Waals surface area contributed by atoms with Gasteiger partial charge in [-0.1, -0.05) is 11.2 Å². The van der Waals surface area contributed by atoms with Crippen LogP contribution < -0.4 is 14.8 Å². The third kappa shape index (κ3) is 7.09. The van der Waals surface area contributed by atoms with Crippen molar-refractivity contribution >= 4 is 29.9 Å². The van der Waals surface area contributed by atoms with Crippen molar-refractivity contribution in [3.05, 3.63) is 40.8 Å². The summed E-state index contributed by atoms with van der Waals surface area (Å²) in [5.74, 6) is 3.27. The van der Waals surface area contributed by atoms with Crippen molar-refractivity contribution in [2.75, 3.05) is 40.9 Å². The van der Waals surface area contributed by atoms with Crippen LogP contribution >= 0.6 is 24.0 Å². The minimum atomic E-state index is 0. The van der Waals surface area contributed by atoms with Gasteiger partial charge in [0.25, 0.3) is 0 Å². The molecular formula is C21H33IN4O3. The van der Waals surface area contributed by atoms with Crippen LogP contribution in [0.15, 0.2) is 27.7 Å². The molecule has 0 bridgehead atoms. The van der Waals surface area contributed by atoms with Gasteiger partial charge in [0, 0.05) is 32.2 Å². The van der Waals surface area contributed by atoms with Gasteiger partial charge in [-0.2, -0.15) is 0 Å². The number of aryl methyl sites for hydroxylation is 2. The van der Waals surface area contributed by atoms with Crippen LogP contribution in [0.2, 0.25) is 0 Å². The van der Waals surface area contributed by atoms with Crippen LogP contribution in [0.4, 0.5) is 0 Å². The molecule has 2 aromatic rings. The van der Waals surface area contributed by atoms with Gasteiger partial charge in [0.15, 0.2) is 17.5 Å². The lowest BCUT2D eigenvalue weighted by Crippen LogP contribution is -2.40. The highest BCUT2D eigenvalue weighted by molar-refractivity contribution is 14.0. The van der Waals surface area contributed by atoms with Gasteiger partial charge in [0.05, 0.1) is 19.9 Å². The molecule has 7 nitrogen and oxygen atoms in total. The summed E-state index contributed by atoms with van der Waals surface area (Å²) in [6.45, 7) is 8.34. The quantitative estimate of drug-likeness (QED) is 0.312. The van der Waals surface area contributed by atoms with Crippen LogP contribution in [-0.4, -0.2) is 56.9 Å². The molecule has 8 heteroatoms. The van der Waals surface area contributed by atoms with E-state index in [9.17, 15) is 0 Å². The van der Waals surface area contributed by atoms with Gasteiger partial charge < -0.3 is 24.2 Å². The Bertz CT molecular complexity index is 773. The summed E-state index contributed by atoms with van der Waals surface area (Å²) in [6, 6.07) is 6.03. The standard InChI is InChI=1S/C21H32N4O3.HI/c1-7-22-21(23-12-10-18-15(2)24-28-16(18)3)25(4)13-11-17-8-9-19(26-5)20(14-17)27-6;/h8-9,14H,7,10-13H2,1-6H3,(H,22,23);1H. The van der Waals surface area contributed by atoms with Gasteiger partial charge in [0.2, 0.25) is 0 Å². The number of aliphatic imine (C=N–C) groups is 1. The predicted octanol–water partition coefficient (Wildman–Crippen LogP) is 3.61. The number of guanidine groups is 1. The second-order valence-electron chi connectivity index (χ2n) is 6.65. The van der Waals surface area contributed by atoms with E-state index in [0.717, 1.165) is 60.4 Å². The Kier molecular flexibility index (Phi) is 10.9. The number of benzene rings is 1. The average Bonchev–Trinajstić information content (AvgIpc) is 3.03. The number of nitrogens with one attached hydrogen (secondary N) is 1. The van der Waals surface area contributed by atoms with Crippen molar-refractivity contribution < 1.29 is 14.0 Å². The molecule has 0 saturated carbocycles. The van der Waals surface area contributed by atoms with Crippen molar-refractivity contribution in [1.29, 1.82) is 0 Å². The topological polar surface area (TPSA) is 72.1 Å². The van der Waals surface area contributed by atoms with Gasteiger partial charge in [-0.3, -0.25) is 4.99 Å². The number of halogens is 1. The zero-order chi connectivity index (χ0) is 20.5. The maximum Gasteiger partial charge on any atom is 0.193 e. The normalized spacial score (nSPS) is 11.0. The van der Waals surface area contributed by atoms with Crippen LogP contribution in [0.1, 0.15) is 29.5 Å². The summed E-state index contributed by atoms with van der Waals surface area (Å²) in [6.07, 6.45) is 1.70. The van der Waals surface area contributed by atoms with E-state index in [0.29, 0.717) is 6.54 Å². The minimum absolute atomic E-state index is 0. The lowest BCUT2D eigenvalue weighted by Gasteiger charge is -2.22. The molecule has 0 amide bonds. The van der Waals surface area contributed by atoms with Crippen LogP contribution in [0.3, 0.4) is 0 Å². The Morgan fingerprint density at radius 3 is 2.48 bits per heavy atom. The van der Waals surface area contributed by atoms with Crippen LogP contribution in [0.25, 0.3) is 0 Å². The van der Waals surface area contributed by atoms with E-state index in [-0.39, 0.29) is 24.0 Å². The summed E-state index contributed by atoms with van der Waals surface area (Å²) in [4.78, 5) is 6.91. The molecule has 0 spiro atoms. The SMILES string of the molecule is CCNC(=NCCc1c(C)noc1C)N(C)CCc1ccc(OC)c(OC)c1.I. The molecule has 1 heterocycles. The first-order valence-electron chi connectivity index (χ1n) is 9.62. The molecule has 0 fully saturated rings. The predicted molar refractivity (Wildman–Crippen MR) is 127 cm³/mol.